The van der Waals surface area contributed by atoms with E-state index in [4.69, 9.17) is 4.74 Å². The third-order valence-corrected chi connectivity index (χ3v) is 2.07. The van der Waals surface area contributed by atoms with Crippen LogP contribution in [-0.2, 0) is 6.42 Å². The van der Waals surface area contributed by atoms with Gasteiger partial charge in [0, 0.05) is 12.6 Å². The Labute approximate surface area is 68.8 Å². The van der Waals surface area contributed by atoms with Gasteiger partial charge < -0.3 is 4.74 Å². The highest BCUT2D eigenvalue weighted by Gasteiger charge is 2.15. The van der Waals surface area contributed by atoms with Crippen LogP contribution >= 0.6 is 0 Å². The zero-order valence-corrected chi connectivity index (χ0v) is 6.40. The monoisotopic (exact) mass is 161 g/mol. The zero-order chi connectivity index (χ0) is 7.97. The first kappa shape index (κ1) is 5.99. The van der Waals surface area contributed by atoms with Crippen LogP contribution in [0.2, 0.25) is 0 Å². The zero-order valence-electron chi connectivity index (χ0n) is 6.40. The quantitative estimate of drug-likeness (QED) is 0.570. The summed E-state index contributed by atoms with van der Waals surface area (Å²) in [5, 5.41) is 8.04. The van der Waals surface area contributed by atoms with Crippen molar-refractivity contribution in [2.45, 2.75) is 6.42 Å². The molecule has 2 aromatic heterocycles. The minimum absolute atomic E-state index is 0.714. The van der Waals surface area contributed by atoms with Crippen molar-refractivity contribution >= 4 is 5.52 Å². The molecule has 3 heterocycles. The van der Waals surface area contributed by atoms with Crippen LogP contribution < -0.4 is 4.74 Å². The molecule has 60 valence electrons. The van der Waals surface area contributed by atoms with Crippen LogP contribution in [0.25, 0.3) is 5.52 Å². The van der Waals surface area contributed by atoms with Gasteiger partial charge in [-0.3, -0.25) is 0 Å². The van der Waals surface area contributed by atoms with Crippen molar-refractivity contribution in [3.05, 3.63) is 24.0 Å². The van der Waals surface area contributed by atoms with Crippen LogP contribution in [0.3, 0.4) is 0 Å². The van der Waals surface area contributed by atoms with Crippen molar-refractivity contribution in [3.8, 4) is 5.75 Å². The highest BCUT2D eigenvalue weighted by atomic mass is 16.5. The van der Waals surface area contributed by atoms with Crippen LogP contribution in [-0.4, -0.2) is 21.4 Å². The molecule has 0 aliphatic carbocycles. The molecule has 1 aliphatic heterocycles. The van der Waals surface area contributed by atoms with Crippen molar-refractivity contribution in [1.29, 1.82) is 0 Å². The molecule has 2 aromatic rings. The van der Waals surface area contributed by atoms with E-state index in [9.17, 15) is 0 Å². The van der Waals surface area contributed by atoms with Gasteiger partial charge in [-0.25, -0.2) is 4.52 Å². The smallest absolute Gasteiger partial charge is 0.147 e. The summed E-state index contributed by atoms with van der Waals surface area (Å²) >= 11 is 0. The van der Waals surface area contributed by atoms with Crippen molar-refractivity contribution < 1.29 is 4.74 Å². The Bertz CT molecular complexity index is 435. The predicted octanol–water partition coefficient (Wildman–Crippen LogP) is 0.664. The van der Waals surface area contributed by atoms with Crippen LogP contribution in [0, 0.1) is 0 Å². The molecular formula is C8H7N3O. The Morgan fingerprint density at radius 2 is 2.50 bits per heavy atom. The number of hydrogen-bond acceptors (Lipinski definition) is 3. The SMILES string of the molecule is c1cc2c3c(nnn3c1)CCO2. The molecule has 0 saturated carbocycles. The van der Waals surface area contributed by atoms with Gasteiger partial charge in [0.2, 0.25) is 0 Å². The van der Waals surface area contributed by atoms with Crippen LogP contribution in [0.4, 0.5) is 0 Å². The Kier molecular flexibility index (Phi) is 0.983. The maximum atomic E-state index is 5.45. The van der Waals surface area contributed by atoms with Crippen LogP contribution in [0.15, 0.2) is 18.3 Å². The van der Waals surface area contributed by atoms with E-state index in [0.29, 0.717) is 6.61 Å². The number of nitrogens with zero attached hydrogens (tertiary/aromatic N) is 3. The molecule has 0 aromatic carbocycles. The first-order chi connectivity index (χ1) is 5.95. The molecule has 0 spiro atoms. The van der Waals surface area contributed by atoms with Crippen molar-refractivity contribution in [3.63, 3.8) is 0 Å². The molecule has 4 nitrogen and oxygen atoms in total. The molecule has 1 aliphatic rings. The van der Waals surface area contributed by atoms with Crippen molar-refractivity contribution in [2.24, 2.45) is 0 Å². The van der Waals surface area contributed by atoms with Gasteiger partial charge in [0.15, 0.2) is 0 Å². The van der Waals surface area contributed by atoms with E-state index in [1.807, 2.05) is 18.3 Å². The van der Waals surface area contributed by atoms with E-state index in [0.717, 1.165) is 23.4 Å². The Morgan fingerprint density at radius 1 is 1.50 bits per heavy atom. The summed E-state index contributed by atoms with van der Waals surface area (Å²) in [6.07, 6.45) is 2.74. The molecular weight excluding hydrogens is 154 g/mol. The molecule has 0 unspecified atom stereocenters. The Hall–Kier alpha value is -1.58. The summed E-state index contributed by atoms with van der Waals surface area (Å²) in [7, 11) is 0. The third kappa shape index (κ3) is 0.617. The molecule has 12 heavy (non-hydrogen) atoms. The fourth-order valence-corrected chi connectivity index (χ4v) is 1.52. The molecule has 3 rings (SSSR count). The van der Waals surface area contributed by atoms with E-state index in [1.165, 1.54) is 0 Å². The van der Waals surface area contributed by atoms with Crippen LogP contribution in [0.1, 0.15) is 5.69 Å². The lowest BCUT2D eigenvalue weighted by Gasteiger charge is -2.11. The maximum absolute atomic E-state index is 5.45. The molecule has 0 N–H and O–H groups in total. The first-order valence-corrected chi connectivity index (χ1v) is 3.91. The van der Waals surface area contributed by atoms with Crippen molar-refractivity contribution in [1.82, 2.24) is 14.8 Å². The molecule has 0 radical (unpaired) electrons. The van der Waals surface area contributed by atoms with Gasteiger partial charge in [-0.15, -0.1) is 5.10 Å². The average molecular weight is 161 g/mol. The number of rotatable bonds is 0. The molecule has 0 atom stereocenters. The molecule has 0 fully saturated rings. The number of aromatic nitrogens is 3. The highest BCUT2D eigenvalue weighted by molar-refractivity contribution is 5.63. The third-order valence-electron chi connectivity index (χ3n) is 2.07. The maximum Gasteiger partial charge on any atom is 0.147 e. The van der Waals surface area contributed by atoms with E-state index < -0.39 is 0 Å². The summed E-state index contributed by atoms with van der Waals surface area (Å²) in [6, 6.07) is 3.85. The lowest BCUT2D eigenvalue weighted by atomic mass is 10.2. The standard InChI is InChI=1S/C8H7N3O/c1-2-7-8-6(3-5-12-7)9-10-11(8)4-1/h1-2,4H,3,5H2. The number of pyridine rings is 1. The number of ether oxygens (including phenoxy) is 1. The van der Waals surface area contributed by atoms with Gasteiger partial charge in [0.05, 0.1) is 12.3 Å². The second kappa shape index (κ2) is 1.97. The van der Waals surface area contributed by atoms with Gasteiger partial charge in [-0.05, 0) is 12.1 Å². The first-order valence-electron chi connectivity index (χ1n) is 3.91. The molecule has 0 saturated heterocycles. The largest absolute Gasteiger partial charge is 0.491 e. The summed E-state index contributed by atoms with van der Waals surface area (Å²) < 4.78 is 7.21. The van der Waals surface area contributed by atoms with E-state index in [-0.39, 0.29) is 0 Å². The lowest BCUT2D eigenvalue weighted by Crippen LogP contribution is -2.08. The van der Waals surface area contributed by atoms with E-state index >= 15 is 0 Å². The fourth-order valence-electron chi connectivity index (χ4n) is 1.52. The molecule has 4 heteroatoms. The summed E-state index contributed by atoms with van der Waals surface area (Å²) in [4.78, 5) is 0. The summed E-state index contributed by atoms with van der Waals surface area (Å²) in [6.45, 7) is 0.714. The van der Waals surface area contributed by atoms with Gasteiger partial charge in [-0.1, -0.05) is 5.21 Å². The van der Waals surface area contributed by atoms with E-state index in [1.54, 1.807) is 4.52 Å². The summed E-state index contributed by atoms with van der Waals surface area (Å²) in [5.74, 6) is 0.892. The second-order valence-corrected chi connectivity index (χ2v) is 2.80. The highest BCUT2D eigenvalue weighted by Crippen LogP contribution is 2.25. The van der Waals surface area contributed by atoms with Crippen molar-refractivity contribution in [2.75, 3.05) is 6.61 Å². The van der Waals surface area contributed by atoms with Gasteiger partial charge >= 0.3 is 0 Å². The average Bonchev–Trinajstić information content (AvgIpc) is 2.52. The van der Waals surface area contributed by atoms with Gasteiger partial charge in [0.25, 0.3) is 0 Å². The Morgan fingerprint density at radius 3 is 3.50 bits per heavy atom. The second-order valence-electron chi connectivity index (χ2n) is 2.80. The van der Waals surface area contributed by atoms with Crippen LogP contribution in [0.5, 0.6) is 5.75 Å². The Balaban J connectivity index is 2.50. The predicted molar refractivity (Wildman–Crippen MR) is 42.2 cm³/mol. The van der Waals surface area contributed by atoms with Gasteiger partial charge in [-0.2, -0.15) is 0 Å². The fraction of sp³-hybridized carbons (Fsp3) is 0.250. The van der Waals surface area contributed by atoms with E-state index in [2.05, 4.69) is 10.3 Å². The lowest BCUT2D eigenvalue weighted by molar-refractivity contribution is 0.315. The number of hydrogen-bond donors (Lipinski definition) is 0. The summed E-state index contributed by atoms with van der Waals surface area (Å²) in [5.41, 5.74) is 2.06. The minimum atomic E-state index is 0.714. The van der Waals surface area contributed by atoms with Gasteiger partial charge in [0.1, 0.15) is 11.3 Å². The molecule has 0 bridgehead atoms. The topological polar surface area (TPSA) is 39.4 Å². The minimum Gasteiger partial charge on any atom is -0.491 e. The normalized spacial score (nSPS) is 14.7. The molecule has 0 amide bonds.